The third-order valence-corrected chi connectivity index (χ3v) is 6.85. The molecular formula is C30H28ClNO6. The normalized spacial score (nSPS) is 14.6. The highest BCUT2D eigenvalue weighted by Crippen LogP contribution is 2.41. The molecule has 3 aromatic carbocycles. The molecule has 0 N–H and O–H groups in total. The van der Waals surface area contributed by atoms with E-state index in [4.69, 9.17) is 30.2 Å². The molecule has 0 bridgehead atoms. The molecule has 0 spiro atoms. The van der Waals surface area contributed by atoms with E-state index in [9.17, 15) is 9.59 Å². The van der Waals surface area contributed by atoms with E-state index in [1.807, 2.05) is 56.3 Å². The molecule has 1 aliphatic heterocycles. The number of methoxy groups -OCH3 is 1. The largest absolute Gasteiger partial charge is 0.497 e. The zero-order valence-corrected chi connectivity index (χ0v) is 22.2. The van der Waals surface area contributed by atoms with Crippen LogP contribution in [0.3, 0.4) is 0 Å². The van der Waals surface area contributed by atoms with Gasteiger partial charge in [-0.25, -0.2) is 0 Å². The number of carbonyl (C=O) groups excluding carboxylic acids is 1. The van der Waals surface area contributed by atoms with Gasteiger partial charge in [-0.1, -0.05) is 29.8 Å². The Morgan fingerprint density at radius 3 is 2.37 bits per heavy atom. The van der Waals surface area contributed by atoms with E-state index in [2.05, 4.69) is 0 Å². The number of fused-ring (bicyclic) bond motifs is 2. The van der Waals surface area contributed by atoms with Gasteiger partial charge in [0.05, 0.1) is 37.3 Å². The Kier molecular flexibility index (Phi) is 7.29. The fraction of sp³-hybridized carbons (Fsp3) is 0.267. The summed E-state index contributed by atoms with van der Waals surface area (Å²) in [6.45, 7) is 5.08. The first-order valence-corrected chi connectivity index (χ1v) is 12.9. The number of rotatable bonds is 9. The summed E-state index contributed by atoms with van der Waals surface area (Å²) in [7, 11) is 1.62. The Balaban J connectivity index is 1.62. The Bertz CT molecular complexity index is 1550. The van der Waals surface area contributed by atoms with E-state index in [0.717, 1.165) is 16.9 Å². The monoisotopic (exact) mass is 533 g/mol. The first kappa shape index (κ1) is 25.7. The van der Waals surface area contributed by atoms with Crippen molar-refractivity contribution in [2.75, 3.05) is 26.9 Å². The third-order valence-electron chi connectivity index (χ3n) is 6.61. The summed E-state index contributed by atoms with van der Waals surface area (Å²) in [6, 6.07) is 17.4. The van der Waals surface area contributed by atoms with Crippen molar-refractivity contribution in [1.29, 1.82) is 0 Å². The van der Waals surface area contributed by atoms with Crippen LogP contribution in [-0.4, -0.2) is 37.7 Å². The van der Waals surface area contributed by atoms with E-state index in [1.54, 1.807) is 30.2 Å². The van der Waals surface area contributed by atoms with Gasteiger partial charge in [-0.2, -0.15) is 0 Å². The molecule has 2 heterocycles. The minimum absolute atomic E-state index is 0.0522. The van der Waals surface area contributed by atoms with E-state index < -0.39 is 6.04 Å². The van der Waals surface area contributed by atoms with Crippen molar-refractivity contribution in [2.24, 2.45) is 0 Å². The van der Waals surface area contributed by atoms with Crippen molar-refractivity contribution < 1.29 is 23.4 Å². The molecule has 196 valence electrons. The van der Waals surface area contributed by atoms with Crippen LogP contribution >= 0.6 is 11.6 Å². The molecule has 0 saturated carbocycles. The summed E-state index contributed by atoms with van der Waals surface area (Å²) in [6.07, 6.45) is 0.578. The molecule has 1 atom stereocenters. The van der Waals surface area contributed by atoms with Crippen LogP contribution in [0.5, 0.6) is 17.2 Å². The lowest BCUT2D eigenvalue weighted by atomic mass is 9.97. The Morgan fingerprint density at radius 2 is 1.66 bits per heavy atom. The lowest BCUT2D eigenvalue weighted by Crippen LogP contribution is -2.31. The third kappa shape index (κ3) is 4.70. The van der Waals surface area contributed by atoms with E-state index in [-0.39, 0.29) is 17.1 Å². The van der Waals surface area contributed by atoms with Crippen LogP contribution in [-0.2, 0) is 6.42 Å². The second kappa shape index (κ2) is 10.8. The van der Waals surface area contributed by atoms with Crippen molar-refractivity contribution >= 4 is 28.5 Å². The predicted molar refractivity (Wildman–Crippen MR) is 146 cm³/mol. The van der Waals surface area contributed by atoms with Crippen LogP contribution in [0.1, 0.15) is 47.1 Å². The first-order valence-electron chi connectivity index (χ1n) is 12.5. The molecule has 4 aromatic rings. The summed E-state index contributed by atoms with van der Waals surface area (Å²) < 4.78 is 22.9. The fourth-order valence-corrected chi connectivity index (χ4v) is 5.02. The quantitative estimate of drug-likeness (QED) is 0.261. The van der Waals surface area contributed by atoms with Gasteiger partial charge in [-0.15, -0.1) is 0 Å². The van der Waals surface area contributed by atoms with Gasteiger partial charge in [0.1, 0.15) is 11.3 Å². The van der Waals surface area contributed by atoms with Crippen molar-refractivity contribution in [3.05, 3.63) is 98.4 Å². The molecule has 0 aliphatic carbocycles. The number of nitrogens with zero attached hydrogens (tertiary/aromatic N) is 1. The van der Waals surface area contributed by atoms with E-state index in [0.29, 0.717) is 59.2 Å². The standard InChI is InChI=1S/C30H28ClNO6/c1-4-36-24-12-8-19(16-25(24)37-5-2)27-26-28(33)22-17-20(31)9-13-23(22)38-29(26)30(34)32(27)15-14-18-6-10-21(35-3)11-7-18/h6-13,16-17,27H,4-5,14-15H2,1-3H3. The molecule has 0 radical (unpaired) electrons. The molecule has 0 saturated heterocycles. The maximum atomic E-state index is 13.8. The number of ether oxygens (including phenoxy) is 3. The molecule has 1 aliphatic rings. The van der Waals surface area contributed by atoms with Gasteiger partial charge in [0, 0.05) is 11.6 Å². The predicted octanol–water partition coefficient (Wildman–Crippen LogP) is 6.04. The Labute approximate surface area is 225 Å². The molecular weight excluding hydrogens is 506 g/mol. The van der Waals surface area contributed by atoms with Crippen LogP contribution in [0, 0.1) is 0 Å². The number of hydrogen-bond acceptors (Lipinski definition) is 6. The summed E-state index contributed by atoms with van der Waals surface area (Å²) in [5.74, 6) is 1.63. The van der Waals surface area contributed by atoms with Crippen molar-refractivity contribution in [3.8, 4) is 17.2 Å². The van der Waals surface area contributed by atoms with E-state index in [1.165, 1.54) is 0 Å². The van der Waals surface area contributed by atoms with Gasteiger partial charge in [0.2, 0.25) is 5.76 Å². The number of amides is 1. The molecule has 1 aromatic heterocycles. The highest BCUT2D eigenvalue weighted by molar-refractivity contribution is 6.31. The minimum Gasteiger partial charge on any atom is -0.497 e. The lowest BCUT2D eigenvalue weighted by molar-refractivity contribution is 0.0729. The van der Waals surface area contributed by atoms with Gasteiger partial charge in [0.15, 0.2) is 16.9 Å². The molecule has 8 heteroatoms. The van der Waals surface area contributed by atoms with Crippen molar-refractivity contribution in [2.45, 2.75) is 26.3 Å². The average molecular weight is 534 g/mol. The molecule has 7 nitrogen and oxygen atoms in total. The Morgan fingerprint density at radius 1 is 0.921 bits per heavy atom. The number of carbonyl (C=O) groups is 1. The van der Waals surface area contributed by atoms with Gasteiger partial charge < -0.3 is 23.5 Å². The average Bonchev–Trinajstić information content (AvgIpc) is 3.21. The lowest BCUT2D eigenvalue weighted by Gasteiger charge is -2.26. The second-order valence-corrected chi connectivity index (χ2v) is 9.32. The van der Waals surface area contributed by atoms with E-state index >= 15 is 0 Å². The number of benzene rings is 3. The van der Waals surface area contributed by atoms with Crippen molar-refractivity contribution in [3.63, 3.8) is 0 Å². The van der Waals surface area contributed by atoms with Crippen LogP contribution < -0.4 is 19.6 Å². The zero-order valence-electron chi connectivity index (χ0n) is 21.5. The maximum Gasteiger partial charge on any atom is 0.290 e. The van der Waals surface area contributed by atoms with Gasteiger partial charge in [-0.3, -0.25) is 9.59 Å². The van der Waals surface area contributed by atoms with Crippen LogP contribution in [0.15, 0.2) is 69.9 Å². The van der Waals surface area contributed by atoms with Gasteiger partial charge >= 0.3 is 0 Å². The summed E-state index contributed by atoms with van der Waals surface area (Å²) in [5.41, 5.74) is 2.11. The molecule has 1 amide bonds. The summed E-state index contributed by atoms with van der Waals surface area (Å²) in [5, 5.41) is 0.753. The molecule has 1 unspecified atom stereocenters. The summed E-state index contributed by atoms with van der Waals surface area (Å²) >= 11 is 6.20. The van der Waals surface area contributed by atoms with Crippen molar-refractivity contribution in [1.82, 2.24) is 4.90 Å². The first-order chi connectivity index (χ1) is 18.4. The zero-order chi connectivity index (χ0) is 26.8. The Hall–Kier alpha value is -3.97. The smallest absolute Gasteiger partial charge is 0.290 e. The van der Waals surface area contributed by atoms with Crippen LogP contribution in [0.25, 0.3) is 11.0 Å². The minimum atomic E-state index is -0.662. The molecule has 38 heavy (non-hydrogen) atoms. The second-order valence-electron chi connectivity index (χ2n) is 8.89. The summed E-state index contributed by atoms with van der Waals surface area (Å²) in [4.78, 5) is 29.2. The molecule has 0 fully saturated rings. The van der Waals surface area contributed by atoms with Gasteiger partial charge in [-0.05, 0) is 73.9 Å². The molecule has 5 rings (SSSR count). The van der Waals surface area contributed by atoms with Crippen LogP contribution in [0.4, 0.5) is 0 Å². The maximum absolute atomic E-state index is 13.8. The highest BCUT2D eigenvalue weighted by Gasteiger charge is 2.42. The number of halogens is 1. The fourth-order valence-electron chi connectivity index (χ4n) is 4.85. The van der Waals surface area contributed by atoms with Gasteiger partial charge in [0.25, 0.3) is 5.91 Å². The van der Waals surface area contributed by atoms with Crippen LogP contribution in [0.2, 0.25) is 5.02 Å². The topological polar surface area (TPSA) is 78.2 Å². The number of hydrogen-bond donors (Lipinski definition) is 0. The highest BCUT2D eigenvalue weighted by atomic mass is 35.5. The SMILES string of the molecule is CCOc1ccc(C2c3c(oc4ccc(Cl)cc4c3=O)C(=O)N2CCc2ccc(OC)cc2)cc1OCC.